The SMILES string of the molecule is O=P(O)(On1nnc2cccnc21)O[P+](N1CCCC1)(N1CCCC1)N1CCCC1. The summed E-state index contributed by atoms with van der Waals surface area (Å²) < 4.78 is 32.0. The Bertz CT molecular complexity index is 885. The number of hydrogen-bond acceptors (Lipinski definition) is 9. The zero-order valence-electron chi connectivity index (χ0n) is 16.9. The molecule has 2 aromatic rings. The van der Waals surface area contributed by atoms with Crippen LogP contribution in [0.4, 0.5) is 0 Å². The number of fused-ring (bicyclic) bond motifs is 1. The van der Waals surface area contributed by atoms with Gasteiger partial charge in [-0.1, -0.05) is 4.31 Å². The standard InChI is InChI=1S/C17H27N7O4P2/c25-30(26,27-24-17-16(19-20-24)8-7-9-18-17)28-29(21-10-1-2-11-21,22-12-3-4-13-22)23-14-5-6-15-23/h7-9H,1-6,10-15H2/p+1. The van der Waals surface area contributed by atoms with E-state index in [9.17, 15) is 9.46 Å². The quantitative estimate of drug-likeness (QED) is 0.624. The van der Waals surface area contributed by atoms with Crippen molar-refractivity contribution in [2.75, 3.05) is 39.3 Å². The molecule has 0 aromatic carbocycles. The van der Waals surface area contributed by atoms with E-state index in [1.807, 2.05) is 0 Å². The van der Waals surface area contributed by atoms with Crippen LogP contribution in [0.1, 0.15) is 38.5 Å². The molecule has 0 bridgehead atoms. The minimum atomic E-state index is -4.52. The van der Waals surface area contributed by atoms with Gasteiger partial charge in [0.25, 0.3) is 0 Å². The molecule has 13 heteroatoms. The van der Waals surface area contributed by atoms with Crippen LogP contribution >= 0.6 is 15.8 Å². The molecule has 30 heavy (non-hydrogen) atoms. The summed E-state index contributed by atoms with van der Waals surface area (Å²) in [5, 5.41) is 7.79. The highest BCUT2D eigenvalue weighted by molar-refractivity contribution is 7.71. The van der Waals surface area contributed by atoms with Crippen LogP contribution in [-0.2, 0) is 8.88 Å². The molecule has 0 spiro atoms. The van der Waals surface area contributed by atoms with Gasteiger partial charge in [0.1, 0.15) is 5.52 Å². The molecular weight excluding hydrogens is 428 g/mol. The van der Waals surface area contributed by atoms with Crippen molar-refractivity contribution in [2.45, 2.75) is 38.5 Å². The number of hydrogen-bond donors (Lipinski definition) is 1. The van der Waals surface area contributed by atoms with Crippen molar-refractivity contribution in [1.29, 1.82) is 0 Å². The molecule has 3 fully saturated rings. The second-order valence-corrected chi connectivity index (χ2v) is 12.4. The van der Waals surface area contributed by atoms with Crippen LogP contribution in [-0.4, -0.2) is 78.3 Å². The Morgan fingerprint density at radius 2 is 1.47 bits per heavy atom. The molecule has 0 amide bonds. The Morgan fingerprint density at radius 3 is 2.00 bits per heavy atom. The van der Waals surface area contributed by atoms with E-state index in [1.165, 1.54) is 0 Å². The van der Waals surface area contributed by atoms with Gasteiger partial charge < -0.3 is 0 Å². The molecule has 3 saturated heterocycles. The second kappa shape index (κ2) is 8.39. The first-order chi connectivity index (χ1) is 14.6. The molecule has 0 saturated carbocycles. The minimum Gasteiger partial charge on any atom is -0.289 e. The zero-order chi connectivity index (χ0) is 20.6. The number of nitrogens with zero attached hydrogens (tertiary/aromatic N) is 7. The normalized spacial score (nSPS) is 24.0. The van der Waals surface area contributed by atoms with Gasteiger partial charge in [0.2, 0.25) is 5.65 Å². The van der Waals surface area contributed by atoms with Crippen LogP contribution in [0.3, 0.4) is 0 Å². The third-order valence-electron chi connectivity index (χ3n) is 5.93. The maximum atomic E-state index is 13.4. The fourth-order valence-corrected chi connectivity index (χ4v) is 10.9. The topological polar surface area (TPSA) is 109 Å². The zero-order valence-corrected chi connectivity index (χ0v) is 18.7. The smallest absolute Gasteiger partial charge is 0.289 e. The van der Waals surface area contributed by atoms with Crippen molar-refractivity contribution in [3.63, 3.8) is 0 Å². The third-order valence-corrected chi connectivity index (χ3v) is 11.4. The highest BCUT2D eigenvalue weighted by Gasteiger charge is 2.65. The molecule has 1 atom stereocenters. The van der Waals surface area contributed by atoms with Gasteiger partial charge in [-0.15, -0.1) is 19.1 Å². The van der Waals surface area contributed by atoms with Crippen LogP contribution in [0.2, 0.25) is 0 Å². The predicted molar refractivity (Wildman–Crippen MR) is 112 cm³/mol. The molecule has 1 unspecified atom stereocenters. The molecule has 3 aliphatic heterocycles. The van der Waals surface area contributed by atoms with Gasteiger partial charge in [-0.2, -0.15) is 0 Å². The molecule has 5 heterocycles. The van der Waals surface area contributed by atoms with Gasteiger partial charge >= 0.3 is 15.8 Å². The van der Waals surface area contributed by atoms with Crippen molar-refractivity contribution in [3.05, 3.63) is 18.3 Å². The van der Waals surface area contributed by atoms with E-state index in [0.717, 1.165) is 82.6 Å². The summed E-state index contributed by atoms with van der Waals surface area (Å²) in [7, 11) is -7.18. The molecule has 164 valence electrons. The summed E-state index contributed by atoms with van der Waals surface area (Å²) in [5.74, 6) is 0. The predicted octanol–water partition coefficient (Wildman–Crippen LogP) is 2.34. The van der Waals surface area contributed by atoms with Crippen LogP contribution in [0.5, 0.6) is 0 Å². The maximum Gasteiger partial charge on any atom is 0.587 e. The largest absolute Gasteiger partial charge is 0.587 e. The van der Waals surface area contributed by atoms with Gasteiger partial charge in [0.05, 0.1) is 0 Å². The molecule has 5 rings (SSSR count). The van der Waals surface area contributed by atoms with Crippen LogP contribution in [0, 0.1) is 0 Å². The molecule has 0 aliphatic carbocycles. The Hall–Kier alpha value is -1.19. The van der Waals surface area contributed by atoms with E-state index in [2.05, 4.69) is 29.3 Å². The van der Waals surface area contributed by atoms with E-state index in [-0.39, 0.29) is 5.65 Å². The first-order valence-electron chi connectivity index (χ1n) is 10.6. The first-order valence-corrected chi connectivity index (χ1v) is 13.7. The van der Waals surface area contributed by atoms with Gasteiger partial charge in [0, 0.05) is 45.5 Å². The van der Waals surface area contributed by atoms with Gasteiger partial charge in [-0.3, -0.25) is 9.52 Å². The van der Waals surface area contributed by atoms with Crippen LogP contribution in [0.15, 0.2) is 18.3 Å². The molecule has 11 nitrogen and oxygen atoms in total. The summed E-state index contributed by atoms with van der Waals surface area (Å²) in [4.78, 5) is 16.0. The summed E-state index contributed by atoms with van der Waals surface area (Å²) >= 11 is 0. The van der Waals surface area contributed by atoms with Crippen molar-refractivity contribution in [1.82, 2.24) is 34.2 Å². The van der Waals surface area contributed by atoms with E-state index in [0.29, 0.717) is 5.52 Å². The summed E-state index contributed by atoms with van der Waals surface area (Å²) in [6, 6.07) is 3.44. The Kier molecular flexibility index (Phi) is 5.79. The second-order valence-electron chi connectivity index (χ2n) is 7.94. The highest BCUT2D eigenvalue weighted by Crippen LogP contribution is 2.77. The lowest BCUT2D eigenvalue weighted by Crippen LogP contribution is -2.43. The molecular formula is C17H28N7O4P2+. The van der Waals surface area contributed by atoms with Crippen molar-refractivity contribution >= 4 is 26.9 Å². The molecule has 3 aliphatic rings. The Balaban J connectivity index is 1.49. The molecule has 0 radical (unpaired) electrons. The lowest BCUT2D eigenvalue weighted by atomic mass is 10.4. The lowest BCUT2D eigenvalue weighted by molar-refractivity contribution is 0.150. The fraction of sp³-hybridized carbons (Fsp3) is 0.706. The monoisotopic (exact) mass is 456 g/mol. The highest BCUT2D eigenvalue weighted by atomic mass is 31.3. The van der Waals surface area contributed by atoms with E-state index in [4.69, 9.17) is 8.94 Å². The fourth-order valence-electron chi connectivity index (χ4n) is 4.63. The van der Waals surface area contributed by atoms with Crippen LogP contribution in [0.25, 0.3) is 11.2 Å². The van der Waals surface area contributed by atoms with Gasteiger partial charge in [0.15, 0.2) is 0 Å². The average molecular weight is 456 g/mol. The molecule has 1 N–H and O–H groups in total. The van der Waals surface area contributed by atoms with E-state index < -0.39 is 15.8 Å². The first kappa shape index (κ1) is 20.7. The van der Waals surface area contributed by atoms with Crippen molar-refractivity contribution in [2.24, 2.45) is 0 Å². The van der Waals surface area contributed by atoms with Gasteiger partial charge in [-0.25, -0.2) is 9.55 Å². The van der Waals surface area contributed by atoms with Gasteiger partial charge in [-0.05, 0) is 60.7 Å². The van der Waals surface area contributed by atoms with Crippen LogP contribution < -0.4 is 4.62 Å². The summed E-state index contributed by atoms with van der Waals surface area (Å²) in [5.41, 5.74) is 0.764. The number of rotatable bonds is 7. The third kappa shape index (κ3) is 3.77. The Morgan fingerprint density at radius 1 is 0.933 bits per heavy atom. The number of phosphoric acid groups is 1. The van der Waals surface area contributed by atoms with E-state index >= 15 is 0 Å². The minimum absolute atomic E-state index is 0.280. The van der Waals surface area contributed by atoms with E-state index in [1.54, 1.807) is 18.3 Å². The lowest BCUT2D eigenvalue weighted by Gasteiger charge is -2.40. The van der Waals surface area contributed by atoms with Crippen molar-refractivity contribution in [3.8, 4) is 0 Å². The summed E-state index contributed by atoms with van der Waals surface area (Å²) in [6.45, 7) is 5.22. The molecule has 2 aromatic heterocycles. The maximum absolute atomic E-state index is 13.4. The number of aromatic nitrogens is 4. The number of pyridine rings is 1. The average Bonchev–Trinajstić information content (AvgIpc) is 3.55. The van der Waals surface area contributed by atoms with Crippen molar-refractivity contribution < 1.29 is 18.4 Å². The Labute approximate surface area is 176 Å². The summed E-state index contributed by atoms with van der Waals surface area (Å²) in [6.07, 6.45) is 7.98.